The fourth-order valence-electron chi connectivity index (χ4n) is 2.44. The normalized spacial score (nSPS) is 10.5. The summed E-state index contributed by atoms with van der Waals surface area (Å²) in [5, 5.41) is 11.0. The molecule has 0 fully saturated rings. The third-order valence-corrected chi connectivity index (χ3v) is 3.68. The molecule has 0 aliphatic rings. The summed E-state index contributed by atoms with van der Waals surface area (Å²) < 4.78 is 6.84. The Morgan fingerprint density at radius 1 is 1.12 bits per heavy atom. The molecule has 1 aromatic heterocycles. The first-order chi connectivity index (χ1) is 11.6. The van der Waals surface area contributed by atoms with Crippen molar-refractivity contribution >= 4 is 11.6 Å². The molecule has 1 N–H and O–H groups in total. The molecule has 1 amide bonds. The Morgan fingerprint density at radius 2 is 1.92 bits per heavy atom. The van der Waals surface area contributed by atoms with Gasteiger partial charge < -0.3 is 10.1 Å². The van der Waals surface area contributed by atoms with Gasteiger partial charge in [0.25, 0.3) is 5.91 Å². The van der Waals surface area contributed by atoms with Crippen molar-refractivity contribution in [2.75, 3.05) is 12.4 Å². The van der Waals surface area contributed by atoms with Crippen LogP contribution in [0, 0.1) is 13.8 Å². The molecule has 0 saturated carbocycles. The van der Waals surface area contributed by atoms with E-state index in [1.807, 2.05) is 62.4 Å². The summed E-state index contributed by atoms with van der Waals surface area (Å²) in [5.74, 6) is 0.431. The van der Waals surface area contributed by atoms with E-state index < -0.39 is 0 Å². The van der Waals surface area contributed by atoms with E-state index in [9.17, 15) is 4.79 Å². The zero-order valence-corrected chi connectivity index (χ0v) is 13.8. The minimum Gasteiger partial charge on any atom is -0.497 e. The van der Waals surface area contributed by atoms with Crippen molar-refractivity contribution in [3.05, 3.63) is 65.5 Å². The molecule has 122 valence electrons. The van der Waals surface area contributed by atoms with Crippen molar-refractivity contribution in [2.24, 2.45) is 0 Å². The van der Waals surface area contributed by atoms with E-state index >= 15 is 0 Å². The summed E-state index contributed by atoms with van der Waals surface area (Å²) >= 11 is 0. The van der Waals surface area contributed by atoms with Gasteiger partial charge in [0.2, 0.25) is 0 Å². The van der Waals surface area contributed by atoms with Crippen molar-refractivity contribution in [1.29, 1.82) is 0 Å². The van der Waals surface area contributed by atoms with Gasteiger partial charge in [0.05, 0.1) is 18.5 Å². The van der Waals surface area contributed by atoms with Gasteiger partial charge in [0, 0.05) is 11.8 Å². The lowest BCUT2D eigenvalue weighted by atomic mass is 10.2. The first kappa shape index (κ1) is 15.7. The first-order valence-corrected chi connectivity index (χ1v) is 7.53. The number of hydrogen-bond donors (Lipinski definition) is 1. The topological polar surface area (TPSA) is 69.0 Å². The highest BCUT2D eigenvalue weighted by atomic mass is 16.5. The van der Waals surface area contributed by atoms with Crippen LogP contribution in [0.25, 0.3) is 5.69 Å². The Hall–Kier alpha value is -3.15. The van der Waals surface area contributed by atoms with Crippen LogP contribution in [0.15, 0.2) is 48.5 Å². The number of amides is 1. The van der Waals surface area contributed by atoms with Crippen molar-refractivity contribution in [1.82, 2.24) is 15.0 Å². The number of hydrogen-bond acceptors (Lipinski definition) is 4. The van der Waals surface area contributed by atoms with Gasteiger partial charge in [-0.3, -0.25) is 4.79 Å². The number of nitrogens with zero attached hydrogens (tertiary/aromatic N) is 3. The monoisotopic (exact) mass is 322 g/mol. The van der Waals surface area contributed by atoms with Crippen LogP contribution >= 0.6 is 0 Å². The van der Waals surface area contributed by atoms with Gasteiger partial charge in [-0.25, -0.2) is 4.68 Å². The van der Waals surface area contributed by atoms with Crippen molar-refractivity contribution in [3.63, 3.8) is 0 Å². The van der Waals surface area contributed by atoms with E-state index in [0.29, 0.717) is 17.1 Å². The highest BCUT2D eigenvalue weighted by molar-refractivity contribution is 6.03. The minimum atomic E-state index is -0.285. The number of anilines is 1. The summed E-state index contributed by atoms with van der Waals surface area (Å²) in [5.41, 5.74) is 3.54. The molecule has 24 heavy (non-hydrogen) atoms. The minimum absolute atomic E-state index is 0.285. The van der Waals surface area contributed by atoms with Gasteiger partial charge in [-0.15, -0.1) is 5.10 Å². The van der Waals surface area contributed by atoms with Crippen LogP contribution in [-0.2, 0) is 0 Å². The predicted octanol–water partition coefficient (Wildman–Crippen LogP) is 3.15. The predicted molar refractivity (Wildman–Crippen MR) is 91.8 cm³/mol. The van der Waals surface area contributed by atoms with Crippen LogP contribution < -0.4 is 10.1 Å². The molecular formula is C18H18N4O2. The molecule has 0 atom stereocenters. The standard InChI is InChI=1S/C18H18N4O2/c1-12-6-4-7-14(10-12)19-18(23)17-13(2)22(21-20-17)15-8-5-9-16(11-15)24-3/h4-11H,1-3H3,(H,19,23). The number of methoxy groups -OCH3 is 1. The molecule has 0 aliphatic carbocycles. The van der Waals surface area contributed by atoms with E-state index in [2.05, 4.69) is 15.6 Å². The number of aryl methyl sites for hydroxylation is 1. The molecule has 0 bridgehead atoms. The van der Waals surface area contributed by atoms with Gasteiger partial charge in [0.1, 0.15) is 5.75 Å². The Labute approximate surface area is 140 Å². The third-order valence-electron chi connectivity index (χ3n) is 3.68. The van der Waals surface area contributed by atoms with Crippen molar-refractivity contribution < 1.29 is 9.53 Å². The second kappa shape index (κ2) is 6.54. The number of ether oxygens (including phenoxy) is 1. The average Bonchev–Trinajstić information content (AvgIpc) is 2.96. The Balaban J connectivity index is 1.87. The molecule has 6 heteroatoms. The molecule has 0 aliphatic heterocycles. The number of rotatable bonds is 4. The molecular weight excluding hydrogens is 304 g/mol. The molecule has 1 heterocycles. The smallest absolute Gasteiger partial charge is 0.278 e. The summed E-state index contributed by atoms with van der Waals surface area (Å²) in [6.07, 6.45) is 0. The summed E-state index contributed by atoms with van der Waals surface area (Å²) in [4.78, 5) is 12.5. The largest absolute Gasteiger partial charge is 0.497 e. The number of carbonyl (C=O) groups excluding carboxylic acids is 1. The van der Waals surface area contributed by atoms with Crippen molar-refractivity contribution in [3.8, 4) is 11.4 Å². The molecule has 6 nitrogen and oxygen atoms in total. The molecule has 3 rings (SSSR count). The number of nitrogens with one attached hydrogen (secondary N) is 1. The Bertz CT molecular complexity index is 886. The van der Waals surface area contributed by atoms with Crippen molar-refractivity contribution in [2.45, 2.75) is 13.8 Å². The highest BCUT2D eigenvalue weighted by Crippen LogP contribution is 2.19. The van der Waals surface area contributed by atoms with Crippen LogP contribution in [0.3, 0.4) is 0 Å². The van der Waals surface area contributed by atoms with Crippen LogP contribution in [-0.4, -0.2) is 28.0 Å². The fraction of sp³-hybridized carbons (Fsp3) is 0.167. The molecule has 0 saturated heterocycles. The highest BCUT2D eigenvalue weighted by Gasteiger charge is 2.17. The van der Waals surface area contributed by atoms with E-state index in [0.717, 1.165) is 16.9 Å². The third kappa shape index (κ3) is 3.12. The second-order valence-corrected chi connectivity index (χ2v) is 5.46. The zero-order chi connectivity index (χ0) is 17.1. The van der Waals surface area contributed by atoms with Crippen LogP contribution in [0.5, 0.6) is 5.75 Å². The second-order valence-electron chi connectivity index (χ2n) is 5.46. The molecule has 0 radical (unpaired) electrons. The van der Waals surface area contributed by atoms with Gasteiger partial charge >= 0.3 is 0 Å². The first-order valence-electron chi connectivity index (χ1n) is 7.53. The maximum absolute atomic E-state index is 12.5. The van der Waals surface area contributed by atoms with Crippen LogP contribution in [0.2, 0.25) is 0 Å². The average molecular weight is 322 g/mol. The summed E-state index contributed by atoms with van der Waals surface area (Å²) in [7, 11) is 1.61. The lowest BCUT2D eigenvalue weighted by molar-refractivity contribution is 0.102. The van der Waals surface area contributed by atoms with Gasteiger partial charge in [-0.2, -0.15) is 0 Å². The maximum atomic E-state index is 12.5. The van der Waals surface area contributed by atoms with E-state index in [1.165, 1.54) is 0 Å². The Kier molecular flexibility index (Phi) is 4.29. The fourth-order valence-corrected chi connectivity index (χ4v) is 2.44. The lowest BCUT2D eigenvalue weighted by Gasteiger charge is -2.07. The summed E-state index contributed by atoms with van der Waals surface area (Å²) in [6.45, 7) is 3.78. The van der Waals surface area contributed by atoms with Gasteiger partial charge in [0.15, 0.2) is 5.69 Å². The quantitative estimate of drug-likeness (QED) is 0.801. The lowest BCUT2D eigenvalue weighted by Crippen LogP contribution is -2.14. The number of carbonyl (C=O) groups is 1. The van der Waals surface area contributed by atoms with E-state index in [1.54, 1.807) is 11.8 Å². The van der Waals surface area contributed by atoms with E-state index in [-0.39, 0.29) is 5.91 Å². The SMILES string of the molecule is COc1cccc(-n2nnc(C(=O)Nc3cccc(C)c3)c2C)c1. The molecule has 0 spiro atoms. The van der Waals surface area contributed by atoms with Gasteiger partial charge in [-0.05, 0) is 43.7 Å². The van der Waals surface area contributed by atoms with Crippen LogP contribution in [0.1, 0.15) is 21.7 Å². The molecule has 2 aromatic carbocycles. The van der Waals surface area contributed by atoms with Gasteiger partial charge in [-0.1, -0.05) is 23.4 Å². The number of aromatic nitrogens is 3. The zero-order valence-electron chi connectivity index (χ0n) is 13.8. The number of benzene rings is 2. The van der Waals surface area contributed by atoms with E-state index in [4.69, 9.17) is 4.74 Å². The molecule has 3 aromatic rings. The summed E-state index contributed by atoms with van der Waals surface area (Å²) in [6, 6.07) is 15.0. The molecule has 0 unspecified atom stereocenters. The maximum Gasteiger partial charge on any atom is 0.278 e. The van der Waals surface area contributed by atoms with Crippen LogP contribution in [0.4, 0.5) is 5.69 Å². The Morgan fingerprint density at radius 3 is 2.67 bits per heavy atom.